The molecule has 1 atom stereocenters. The van der Waals surface area contributed by atoms with Gasteiger partial charge >= 0.3 is 0 Å². The minimum atomic E-state index is -0.761. The van der Waals surface area contributed by atoms with Gasteiger partial charge in [-0.05, 0) is 6.92 Å². The third-order valence-electron chi connectivity index (χ3n) is 0.969. The molecule has 9 heavy (non-hydrogen) atoms. The van der Waals surface area contributed by atoms with Gasteiger partial charge in [0.15, 0.2) is 0 Å². The molecule has 0 aliphatic carbocycles. The third-order valence-corrected chi connectivity index (χ3v) is 0.969. The van der Waals surface area contributed by atoms with E-state index in [1.54, 1.807) is 6.92 Å². The topological polar surface area (TPSA) is 78.5 Å². The first-order valence-electron chi connectivity index (χ1n) is 2.88. The lowest BCUT2D eigenvalue weighted by molar-refractivity contribution is 0.168. The molecule has 56 valence electrons. The number of nitrogens with two attached hydrogens (primary N) is 1. The van der Waals surface area contributed by atoms with E-state index in [-0.39, 0.29) is 13.2 Å². The van der Waals surface area contributed by atoms with Gasteiger partial charge in [0.1, 0.15) is 0 Å². The standard InChI is InChI=1S/C5H14N2O2/c1-5(6,4-9)7-2-3-8/h7-9H,2-4,6H2,1H3. The number of aliphatic hydroxyl groups excluding tert-OH is 2. The van der Waals surface area contributed by atoms with Gasteiger partial charge in [-0.25, -0.2) is 0 Å². The number of hydrogen-bond donors (Lipinski definition) is 4. The Kier molecular flexibility index (Phi) is 3.72. The van der Waals surface area contributed by atoms with E-state index in [1.165, 1.54) is 0 Å². The van der Waals surface area contributed by atoms with Crippen LogP contribution in [0.15, 0.2) is 0 Å². The molecule has 0 saturated heterocycles. The third kappa shape index (κ3) is 4.35. The van der Waals surface area contributed by atoms with E-state index in [9.17, 15) is 0 Å². The Bertz CT molecular complexity index is 75.4. The fourth-order valence-corrected chi connectivity index (χ4v) is 0.397. The molecule has 4 heteroatoms. The number of aliphatic hydroxyl groups is 2. The maximum atomic E-state index is 8.55. The molecule has 0 aliphatic heterocycles. The minimum Gasteiger partial charge on any atom is -0.395 e. The Morgan fingerprint density at radius 3 is 2.44 bits per heavy atom. The van der Waals surface area contributed by atoms with Gasteiger partial charge in [-0.15, -0.1) is 0 Å². The van der Waals surface area contributed by atoms with E-state index in [0.29, 0.717) is 6.54 Å². The van der Waals surface area contributed by atoms with E-state index in [4.69, 9.17) is 15.9 Å². The van der Waals surface area contributed by atoms with Crippen molar-refractivity contribution < 1.29 is 10.2 Å². The lowest BCUT2D eigenvalue weighted by Gasteiger charge is -2.22. The summed E-state index contributed by atoms with van der Waals surface area (Å²) in [4.78, 5) is 0. The monoisotopic (exact) mass is 134 g/mol. The van der Waals surface area contributed by atoms with Crippen LogP contribution in [-0.4, -0.2) is 35.6 Å². The normalized spacial score (nSPS) is 17.3. The molecular weight excluding hydrogens is 120 g/mol. The summed E-state index contributed by atoms with van der Waals surface area (Å²) in [6, 6.07) is 0. The molecule has 4 nitrogen and oxygen atoms in total. The smallest absolute Gasteiger partial charge is 0.0871 e. The largest absolute Gasteiger partial charge is 0.395 e. The Morgan fingerprint density at radius 2 is 2.11 bits per heavy atom. The van der Waals surface area contributed by atoms with Crippen LogP contribution in [0.1, 0.15) is 6.92 Å². The highest BCUT2D eigenvalue weighted by Gasteiger charge is 2.13. The molecule has 1 unspecified atom stereocenters. The molecule has 0 aromatic rings. The molecular formula is C5H14N2O2. The second kappa shape index (κ2) is 3.79. The minimum absolute atomic E-state index is 0.0345. The van der Waals surface area contributed by atoms with Crippen molar-refractivity contribution in [3.05, 3.63) is 0 Å². The van der Waals surface area contributed by atoms with Crippen LogP contribution in [0, 0.1) is 0 Å². The zero-order chi connectivity index (χ0) is 7.33. The average Bonchev–Trinajstić information content (AvgIpc) is 1.84. The number of rotatable bonds is 4. The molecule has 0 saturated carbocycles. The molecule has 0 amide bonds. The van der Waals surface area contributed by atoms with Crippen molar-refractivity contribution in [3.63, 3.8) is 0 Å². The van der Waals surface area contributed by atoms with Crippen LogP contribution in [0.5, 0.6) is 0 Å². The quantitative estimate of drug-likeness (QED) is 0.343. The summed E-state index contributed by atoms with van der Waals surface area (Å²) in [5.74, 6) is 0. The van der Waals surface area contributed by atoms with Gasteiger partial charge in [-0.3, -0.25) is 5.32 Å². The Morgan fingerprint density at radius 1 is 1.56 bits per heavy atom. The van der Waals surface area contributed by atoms with Crippen molar-refractivity contribution in [2.45, 2.75) is 12.6 Å². The van der Waals surface area contributed by atoms with Crippen LogP contribution in [0.4, 0.5) is 0 Å². The molecule has 0 spiro atoms. The van der Waals surface area contributed by atoms with Crippen LogP contribution in [0.3, 0.4) is 0 Å². The summed E-state index contributed by atoms with van der Waals surface area (Å²) in [6.07, 6.45) is 0. The molecule has 0 bridgehead atoms. The van der Waals surface area contributed by atoms with Gasteiger partial charge in [0, 0.05) is 6.54 Å². The van der Waals surface area contributed by atoms with Crippen molar-refractivity contribution in [2.75, 3.05) is 19.8 Å². The molecule has 0 radical (unpaired) electrons. The van der Waals surface area contributed by atoms with Crippen LogP contribution < -0.4 is 11.1 Å². The first kappa shape index (κ1) is 8.84. The van der Waals surface area contributed by atoms with Gasteiger partial charge < -0.3 is 15.9 Å². The Hall–Kier alpha value is -0.160. The fourth-order valence-electron chi connectivity index (χ4n) is 0.397. The highest BCUT2D eigenvalue weighted by molar-refractivity contribution is 4.72. The predicted molar refractivity (Wildman–Crippen MR) is 34.8 cm³/mol. The summed E-state index contributed by atoms with van der Waals surface area (Å²) in [6.45, 7) is 1.97. The second-order valence-corrected chi connectivity index (χ2v) is 2.23. The lowest BCUT2D eigenvalue weighted by Crippen LogP contribution is -2.54. The lowest BCUT2D eigenvalue weighted by atomic mass is 10.2. The van der Waals surface area contributed by atoms with Crippen LogP contribution in [0.2, 0.25) is 0 Å². The van der Waals surface area contributed by atoms with Gasteiger partial charge in [-0.2, -0.15) is 0 Å². The highest BCUT2D eigenvalue weighted by Crippen LogP contribution is 1.87. The van der Waals surface area contributed by atoms with Crippen molar-refractivity contribution in [1.29, 1.82) is 0 Å². The maximum absolute atomic E-state index is 8.55. The SMILES string of the molecule is CC(N)(CO)NCCO. The molecule has 0 aromatic carbocycles. The number of hydrogen-bond acceptors (Lipinski definition) is 4. The summed E-state index contributed by atoms with van der Waals surface area (Å²) in [5.41, 5.74) is 4.67. The first-order chi connectivity index (χ1) is 4.12. The molecule has 0 heterocycles. The molecule has 5 N–H and O–H groups in total. The Labute approximate surface area is 54.7 Å². The van der Waals surface area contributed by atoms with E-state index >= 15 is 0 Å². The van der Waals surface area contributed by atoms with E-state index in [0.717, 1.165) is 0 Å². The zero-order valence-corrected chi connectivity index (χ0v) is 5.59. The zero-order valence-electron chi connectivity index (χ0n) is 5.59. The molecule has 0 fully saturated rings. The molecule has 0 aliphatic rings. The van der Waals surface area contributed by atoms with Crippen LogP contribution in [-0.2, 0) is 0 Å². The second-order valence-electron chi connectivity index (χ2n) is 2.23. The Balaban J connectivity index is 3.33. The summed E-state index contributed by atoms with van der Waals surface area (Å²) in [7, 11) is 0. The molecule has 0 rings (SSSR count). The van der Waals surface area contributed by atoms with Gasteiger partial charge in [-0.1, -0.05) is 0 Å². The highest BCUT2D eigenvalue weighted by atomic mass is 16.3. The summed E-state index contributed by atoms with van der Waals surface area (Å²) < 4.78 is 0. The van der Waals surface area contributed by atoms with Gasteiger partial charge in [0.25, 0.3) is 0 Å². The average molecular weight is 134 g/mol. The van der Waals surface area contributed by atoms with Crippen molar-refractivity contribution in [1.82, 2.24) is 5.32 Å². The van der Waals surface area contributed by atoms with E-state index < -0.39 is 5.66 Å². The van der Waals surface area contributed by atoms with Crippen molar-refractivity contribution >= 4 is 0 Å². The fraction of sp³-hybridized carbons (Fsp3) is 1.00. The summed E-state index contributed by atoms with van der Waals surface area (Å²) in [5, 5.41) is 19.6. The van der Waals surface area contributed by atoms with Crippen molar-refractivity contribution in [3.8, 4) is 0 Å². The van der Waals surface area contributed by atoms with E-state index in [1.807, 2.05) is 0 Å². The van der Waals surface area contributed by atoms with E-state index in [2.05, 4.69) is 5.32 Å². The van der Waals surface area contributed by atoms with Crippen LogP contribution >= 0.6 is 0 Å². The molecule has 0 aromatic heterocycles. The first-order valence-corrected chi connectivity index (χ1v) is 2.88. The summed E-state index contributed by atoms with van der Waals surface area (Å²) >= 11 is 0. The predicted octanol–water partition coefficient (Wildman–Crippen LogP) is -1.76. The van der Waals surface area contributed by atoms with Crippen LogP contribution in [0.25, 0.3) is 0 Å². The van der Waals surface area contributed by atoms with Gasteiger partial charge in [0.05, 0.1) is 18.9 Å². The van der Waals surface area contributed by atoms with Gasteiger partial charge in [0.2, 0.25) is 0 Å². The number of nitrogens with one attached hydrogen (secondary N) is 1. The maximum Gasteiger partial charge on any atom is 0.0871 e. The van der Waals surface area contributed by atoms with Crippen molar-refractivity contribution in [2.24, 2.45) is 5.73 Å².